The predicted molar refractivity (Wildman–Crippen MR) is 86.0 cm³/mol. The lowest BCUT2D eigenvalue weighted by Gasteiger charge is -2.20. The average molecular weight is 282 g/mol. The molecule has 0 bridgehead atoms. The molecule has 110 valence electrons. The summed E-state index contributed by atoms with van der Waals surface area (Å²) in [6.07, 6.45) is 0. The maximum absolute atomic E-state index is 12.0. The van der Waals surface area contributed by atoms with Gasteiger partial charge < -0.3 is 11.1 Å². The number of nitrogens with one attached hydrogen (secondary N) is 1. The molecule has 0 aliphatic heterocycles. The molecule has 0 aliphatic rings. The maximum atomic E-state index is 12.0. The van der Waals surface area contributed by atoms with E-state index in [2.05, 4.69) is 29.6 Å². The molecular weight excluding hydrogens is 260 g/mol. The van der Waals surface area contributed by atoms with Crippen molar-refractivity contribution in [2.24, 2.45) is 11.7 Å². The van der Waals surface area contributed by atoms with Crippen molar-refractivity contribution in [2.75, 3.05) is 13.1 Å². The van der Waals surface area contributed by atoms with Crippen molar-refractivity contribution in [3.8, 4) is 0 Å². The molecule has 2 aromatic rings. The fraction of sp³-hybridized carbons (Fsp3) is 0.278. The lowest BCUT2D eigenvalue weighted by Crippen LogP contribution is -2.36. The summed E-state index contributed by atoms with van der Waals surface area (Å²) >= 11 is 0. The number of hydrogen-bond donors (Lipinski definition) is 2. The second kappa shape index (κ2) is 7.60. The number of rotatable bonds is 6. The van der Waals surface area contributed by atoms with E-state index in [0.29, 0.717) is 13.1 Å². The molecular formula is C18H22N2O. The number of carbonyl (C=O) groups excluding carboxylic acids is 1. The van der Waals surface area contributed by atoms with Crippen LogP contribution < -0.4 is 11.1 Å². The Kier molecular flexibility index (Phi) is 5.52. The van der Waals surface area contributed by atoms with Crippen LogP contribution in [0.3, 0.4) is 0 Å². The Morgan fingerprint density at radius 1 is 1.00 bits per heavy atom. The van der Waals surface area contributed by atoms with Gasteiger partial charge >= 0.3 is 0 Å². The molecule has 1 unspecified atom stereocenters. The van der Waals surface area contributed by atoms with E-state index in [1.807, 2.05) is 43.3 Å². The van der Waals surface area contributed by atoms with Crippen LogP contribution in [-0.2, 0) is 4.79 Å². The Hall–Kier alpha value is -2.13. The molecule has 3 heteroatoms. The summed E-state index contributed by atoms with van der Waals surface area (Å²) in [5.41, 5.74) is 7.94. The molecule has 3 N–H and O–H groups in total. The van der Waals surface area contributed by atoms with Crippen molar-refractivity contribution >= 4 is 5.91 Å². The normalized spacial score (nSPS) is 12.1. The van der Waals surface area contributed by atoms with Crippen LogP contribution >= 0.6 is 0 Å². The zero-order valence-corrected chi connectivity index (χ0v) is 12.3. The molecule has 3 nitrogen and oxygen atoms in total. The molecule has 0 fully saturated rings. The third-order valence-corrected chi connectivity index (χ3v) is 3.69. The van der Waals surface area contributed by atoms with Gasteiger partial charge in [0.2, 0.25) is 5.91 Å². The molecule has 0 spiro atoms. The van der Waals surface area contributed by atoms with Crippen LogP contribution in [0.2, 0.25) is 0 Å². The van der Waals surface area contributed by atoms with Crippen LogP contribution in [0.4, 0.5) is 0 Å². The van der Waals surface area contributed by atoms with Gasteiger partial charge in [-0.15, -0.1) is 0 Å². The lowest BCUT2D eigenvalue weighted by atomic mass is 9.91. The van der Waals surface area contributed by atoms with Crippen molar-refractivity contribution in [3.05, 3.63) is 71.8 Å². The zero-order chi connectivity index (χ0) is 15.1. The van der Waals surface area contributed by atoms with Gasteiger partial charge in [-0.05, 0) is 11.1 Å². The van der Waals surface area contributed by atoms with Gasteiger partial charge in [-0.2, -0.15) is 0 Å². The molecule has 0 aliphatic carbocycles. The van der Waals surface area contributed by atoms with E-state index in [9.17, 15) is 4.79 Å². The Morgan fingerprint density at radius 2 is 1.48 bits per heavy atom. The summed E-state index contributed by atoms with van der Waals surface area (Å²) in [7, 11) is 0. The van der Waals surface area contributed by atoms with Crippen LogP contribution in [0.1, 0.15) is 24.0 Å². The van der Waals surface area contributed by atoms with E-state index < -0.39 is 0 Å². The first kappa shape index (κ1) is 15.3. The van der Waals surface area contributed by atoms with Gasteiger partial charge in [-0.3, -0.25) is 4.79 Å². The number of nitrogens with two attached hydrogens (primary N) is 1. The first-order valence-electron chi connectivity index (χ1n) is 7.30. The van der Waals surface area contributed by atoms with E-state index >= 15 is 0 Å². The van der Waals surface area contributed by atoms with Gasteiger partial charge in [0.25, 0.3) is 0 Å². The zero-order valence-electron chi connectivity index (χ0n) is 12.3. The Balaban J connectivity index is 2.16. The topological polar surface area (TPSA) is 55.1 Å². The highest BCUT2D eigenvalue weighted by atomic mass is 16.1. The summed E-state index contributed by atoms with van der Waals surface area (Å²) in [5, 5.41) is 3.01. The van der Waals surface area contributed by atoms with Crippen LogP contribution in [-0.4, -0.2) is 19.0 Å². The van der Waals surface area contributed by atoms with Gasteiger partial charge in [-0.1, -0.05) is 67.6 Å². The van der Waals surface area contributed by atoms with E-state index in [1.54, 1.807) is 0 Å². The van der Waals surface area contributed by atoms with E-state index in [1.165, 1.54) is 11.1 Å². The fourth-order valence-electron chi connectivity index (χ4n) is 2.28. The molecule has 0 saturated carbocycles. The minimum Gasteiger partial charge on any atom is -0.355 e. The summed E-state index contributed by atoms with van der Waals surface area (Å²) in [6, 6.07) is 20.5. The third-order valence-electron chi connectivity index (χ3n) is 3.69. The second-order valence-electron chi connectivity index (χ2n) is 5.26. The van der Waals surface area contributed by atoms with Crippen molar-refractivity contribution in [3.63, 3.8) is 0 Å². The highest BCUT2D eigenvalue weighted by Crippen LogP contribution is 2.23. The molecule has 1 amide bonds. The predicted octanol–water partition coefficient (Wildman–Crippen LogP) is 2.53. The summed E-state index contributed by atoms with van der Waals surface area (Å²) in [5.74, 6) is 0.00730. The van der Waals surface area contributed by atoms with Gasteiger partial charge in [0.15, 0.2) is 0 Å². The molecule has 0 aromatic heterocycles. The van der Waals surface area contributed by atoms with Crippen LogP contribution in [0, 0.1) is 5.92 Å². The number of carbonyl (C=O) groups is 1. The minimum absolute atomic E-state index is 0.00867. The van der Waals surface area contributed by atoms with E-state index in [-0.39, 0.29) is 17.7 Å². The van der Waals surface area contributed by atoms with Crippen molar-refractivity contribution in [1.82, 2.24) is 5.32 Å². The first-order valence-corrected chi connectivity index (χ1v) is 7.30. The monoisotopic (exact) mass is 282 g/mol. The maximum Gasteiger partial charge on any atom is 0.224 e. The number of benzene rings is 2. The Labute approximate surface area is 126 Å². The quantitative estimate of drug-likeness (QED) is 0.855. The molecule has 1 atom stereocenters. The first-order chi connectivity index (χ1) is 10.2. The van der Waals surface area contributed by atoms with Crippen molar-refractivity contribution in [2.45, 2.75) is 12.8 Å². The van der Waals surface area contributed by atoms with Gasteiger partial charge in [0.05, 0.1) is 0 Å². The summed E-state index contributed by atoms with van der Waals surface area (Å²) in [4.78, 5) is 12.0. The molecule has 0 radical (unpaired) electrons. The molecule has 2 rings (SSSR count). The number of hydrogen-bond acceptors (Lipinski definition) is 2. The average Bonchev–Trinajstić information content (AvgIpc) is 2.56. The Morgan fingerprint density at radius 3 is 1.90 bits per heavy atom. The van der Waals surface area contributed by atoms with E-state index in [0.717, 1.165) is 0 Å². The van der Waals surface area contributed by atoms with Crippen LogP contribution in [0.15, 0.2) is 60.7 Å². The standard InChI is InChI=1S/C18H22N2O/c1-14(12-19)18(21)20-13-17(15-8-4-2-5-9-15)16-10-6-3-7-11-16/h2-11,14,17H,12-13,19H2,1H3,(H,20,21). The minimum atomic E-state index is -0.155. The van der Waals surface area contributed by atoms with Crippen LogP contribution in [0.5, 0.6) is 0 Å². The largest absolute Gasteiger partial charge is 0.355 e. The number of amides is 1. The molecule has 21 heavy (non-hydrogen) atoms. The van der Waals surface area contributed by atoms with Gasteiger partial charge in [0.1, 0.15) is 0 Å². The molecule has 0 heterocycles. The molecule has 0 saturated heterocycles. The summed E-state index contributed by atoms with van der Waals surface area (Å²) in [6.45, 7) is 2.79. The van der Waals surface area contributed by atoms with Crippen molar-refractivity contribution in [1.29, 1.82) is 0 Å². The highest BCUT2D eigenvalue weighted by molar-refractivity contribution is 5.78. The van der Waals surface area contributed by atoms with Crippen LogP contribution in [0.25, 0.3) is 0 Å². The van der Waals surface area contributed by atoms with E-state index in [4.69, 9.17) is 5.73 Å². The smallest absolute Gasteiger partial charge is 0.224 e. The highest BCUT2D eigenvalue weighted by Gasteiger charge is 2.17. The SMILES string of the molecule is CC(CN)C(=O)NCC(c1ccccc1)c1ccccc1. The molecule has 2 aromatic carbocycles. The van der Waals surface area contributed by atoms with Gasteiger partial charge in [-0.25, -0.2) is 0 Å². The van der Waals surface area contributed by atoms with Crippen molar-refractivity contribution < 1.29 is 4.79 Å². The second-order valence-corrected chi connectivity index (χ2v) is 5.26. The fourth-order valence-corrected chi connectivity index (χ4v) is 2.28. The Bertz CT molecular complexity index is 514. The summed E-state index contributed by atoms with van der Waals surface area (Å²) < 4.78 is 0. The van der Waals surface area contributed by atoms with Gasteiger partial charge in [0, 0.05) is 24.9 Å². The third kappa shape index (κ3) is 4.17. The lowest BCUT2D eigenvalue weighted by molar-refractivity contribution is -0.124.